The van der Waals surface area contributed by atoms with E-state index in [9.17, 15) is 13.2 Å². The molecule has 8 nitrogen and oxygen atoms in total. The highest BCUT2D eigenvalue weighted by atomic mass is 32.2. The Bertz CT molecular complexity index is 713. The van der Waals surface area contributed by atoms with E-state index in [0.29, 0.717) is 25.3 Å². The van der Waals surface area contributed by atoms with E-state index < -0.39 is 10.0 Å². The summed E-state index contributed by atoms with van der Waals surface area (Å²) in [5.41, 5.74) is 0. The molecule has 25 heavy (non-hydrogen) atoms. The van der Waals surface area contributed by atoms with Crippen molar-refractivity contribution in [1.82, 2.24) is 19.0 Å². The number of hydrogen-bond donors (Lipinski definition) is 1. The Morgan fingerprint density at radius 1 is 1.20 bits per heavy atom. The van der Waals surface area contributed by atoms with Crippen molar-refractivity contribution in [3.8, 4) is 0 Å². The van der Waals surface area contributed by atoms with E-state index in [4.69, 9.17) is 0 Å². The Morgan fingerprint density at radius 2 is 1.88 bits per heavy atom. The molecule has 2 heterocycles. The normalized spacial score (nSPS) is 22.5. The Balaban J connectivity index is 1.62. The maximum absolute atomic E-state index is 12.4. The number of anilines is 1. The highest BCUT2D eigenvalue weighted by molar-refractivity contribution is 7.88. The molecule has 1 aromatic heterocycles. The maximum atomic E-state index is 12.4. The molecule has 1 aliphatic carbocycles. The highest BCUT2D eigenvalue weighted by Gasteiger charge is 2.37. The molecule has 140 valence electrons. The number of carbonyl (C=O) groups excluding carboxylic acids is 1. The van der Waals surface area contributed by atoms with Crippen LogP contribution < -0.4 is 5.32 Å². The summed E-state index contributed by atoms with van der Waals surface area (Å²) >= 11 is 0. The molecule has 1 N–H and O–H groups in total. The van der Waals surface area contributed by atoms with Crippen molar-refractivity contribution in [2.24, 2.45) is 7.05 Å². The van der Waals surface area contributed by atoms with Crippen LogP contribution in [0.15, 0.2) is 12.3 Å². The number of urea groups is 1. The Kier molecular flexibility index (Phi) is 5.33. The fourth-order valence-corrected chi connectivity index (χ4v) is 5.19. The van der Waals surface area contributed by atoms with Crippen LogP contribution in [-0.4, -0.2) is 64.9 Å². The lowest BCUT2D eigenvalue weighted by Gasteiger charge is -2.40. The van der Waals surface area contributed by atoms with Crippen molar-refractivity contribution in [2.75, 3.05) is 24.7 Å². The summed E-state index contributed by atoms with van der Waals surface area (Å²) in [6.45, 7) is 1.19. The molecule has 0 aromatic carbocycles. The maximum Gasteiger partial charge on any atom is 0.323 e. The zero-order valence-corrected chi connectivity index (χ0v) is 15.7. The number of aryl methyl sites for hydroxylation is 1. The Morgan fingerprint density at radius 3 is 2.44 bits per heavy atom. The Labute approximate surface area is 149 Å². The van der Waals surface area contributed by atoms with Crippen LogP contribution in [0.3, 0.4) is 0 Å². The molecule has 1 aromatic rings. The van der Waals surface area contributed by atoms with Gasteiger partial charge < -0.3 is 4.90 Å². The van der Waals surface area contributed by atoms with E-state index in [1.165, 1.54) is 6.26 Å². The van der Waals surface area contributed by atoms with Crippen LogP contribution in [0.5, 0.6) is 0 Å². The fraction of sp³-hybridized carbons (Fsp3) is 0.750. The van der Waals surface area contributed by atoms with Gasteiger partial charge in [-0.3, -0.25) is 10.00 Å². The molecule has 2 amide bonds. The number of nitrogens with one attached hydrogen (secondary N) is 1. The van der Waals surface area contributed by atoms with Gasteiger partial charge in [-0.05, 0) is 32.1 Å². The molecule has 1 atom stereocenters. The predicted molar refractivity (Wildman–Crippen MR) is 95.8 cm³/mol. The van der Waals surface area contributed by atoms with E-state index in [2.05, 4.69) is 10.4 Å². The third-order valence-electron chi connectivity index (χ3n) is 5.11. The lowest BCUT2D eigenvalue weighted by Crippen LogP contribution is -2.50. The number of carbonyl (C=O) groups is 1. The molecule has 2 aliphatic rings. The summed E-state index contributed by atoms with van der Waals surface area (Å²) in [4.78, 5) is 14.2. The molecule has 0 bridgehead atoms. The number of rotatable bonds is 4. The van der Waals surface area contributed by atoms with E-state index >= 15 is 0 Å². The number of nitrogens with zero attached hydrogens (tertiary/aromatic N) is 4. The molecule has 0 radical (unpaired) electrons. The number of amides is 2. The van der Waals surface area contributed by atoms with E-state index in [1.54, 1.807) is 33.2 Å². The Hall–Kier alpha value is -1.61. The van der Waals surface area contributed by atoms with Gasteiger partial charge in [0.2, 0.25) is 10.0 Å². The molecule has 1 unspecified atom stereocenters. The second-order valence-electron chi connectivity index (χ2n) is 7.05. The van der Waals surface area contributed by atoms with Gasteiger partial charge in [0.15, 0.2) is 5.82 Å². The van der Waals surface area contributed by atoms with Gasteiger partial charge in [-0.15, -0.1) is 0 Å². The smallest absolute Gasteiger partial charge is 0.323 e. The van der Waals surface area contributed by atoms with Crippen molar-refractivity contribution in [2.45, 2.75) is 50.6 Å². The van der Waals surface area contributed by atoms with Gasteiger partial charge in [-0.2, -0.15) is 9.40 Å². The summed E-state index contributed by atoms with van der Waals surface area (Å²) in [7, 11) is -1.42. The highest BCUT2D eigenvalue weighted by Crippen LogP contribution is 2.32. The predicted octanol–water partition coefficient (Wildman–Crippen LogP) is 1.62. The first-order valence-corrected chi connectivity index (χ1v) is 10.7. The summed E-state index contributed by atoms with van der Waals surface area (Å²) in [6, 6.07) is 1.72. The van der Waals surface area contributed by atoms with Gasteiger partial charge in [0, 0.05) is 44.5 Å². The van der Waals surface area contributed by atoms with Crippen molar-refractivity contribution in [3.63, 3.8) is 0 Å². The molecule has 3 rings (SSSR count). The lowest BCUT2D eigenvalue weighted by atomic mass is 9.91. The largest absolute Gasteiger partial charge is 0.324 e. The van der Waals surface area contributed by atoms with Crippen LogP contribution in [-0.2, 0) is 17.1 Å². The first-order chi connectivity index (χ1) is 11.8. The summed E-state index contributed by atoms with van der Waals surface area (Å²) in [5.74, 6) is 0.528. The van der Waals surface area contributed by atoms with Crippen molar-refractivity contribution >= 4 is 21.9 Å². The minimum atomic E-state index is -3.22. The molecule has 1 aliphatic heterocycles. The van der Waals surface area contributed by atoms with Crippen LogP contribution in [0.1, 0.15) is 38.5 Å². The molecule has 1 saturated carbocycles. The van der Waals surface area contributed by atoms with Crippen molar-refractivity contribution < 1.29 is 13.2 Å². The standard InChI is InChI=1S/C16H27N5O3S/c1-19-11-9-15(18-19)17-16(22)20-10-4-7-14(8-12-20)21(25(2,23)24)13-5-3-6-13/h9,11,13-14H,3-8,10,12H2,1-2H3,(H,17,18,22). The topological polar surface area (TPSA) is 87.5 Å². The average Bonchev–Trinajstić information content (AvgIpc) is 2.74. The minimum absolute atomic E-state index is 0.00653. The van der Waals surface area contributed by atoms with E-state index in [-0.39, 0.29) is 18.1 Å². The van der Waals surface area contributed by atoms with Gasteiger partial charge in [-0.1, -0.05) is 6.42 Å². The van der Waals surface area contributed by atoms with Gasteiger partial charge in [0.1, 0.15) is 0 Å². The van der Waals surface area contributed by atoms with Crippen LogP contribution >= 0.6 is 0 Å². The monoisotopic (exact) mass is 369 g/mol. The molecule has 0 spiro atoms. The lowest BCUT2D eigenvalue weighted by molar-refractivity contribution is 0.162. The van der Waals surface area contributed by atoms with E-state index in [1.807, 2.05) is 0 Å². The third-order valence-corrected chi connectivity index (χ3v) is 6.47. The minimum Gasteiger partial charge on any atom is -0.324 e. The van der Waals surface area contributed by atoms with Crippen LogP contribution in [0.25, 0.3) is 0 Å². The number of sulfonamides is 1. The van der Waals surface area contributed by atoms with Crippen LogP contribution in [0.4, 0.5) is 10.6 Å². The van der Waals surface area contributed by atoms with Crippen molar-refractivity contribution in [3.05, 3.63) is 12.3 Å². The van der Waals surface area contributed by atoms with Gasteiger partial charge >= 0.3 is 6.03 Å². The van der Waals surface area contributed by atoms with Gasteiger partial charge in [-0.25, -0.2) is 13.2 Å². The van der Waals surface area contributed by atoms with Crippen LogP contribution in [0, 0.1) is 0 Å². The number of hydrogen-bond acceptors (Lipinski definition) is 4. The molecule has 1 saturated heterocycles. The fourth-order valence-electron chi connectivity index (χ4n) is 3.69. The summed E-state index contributed by atoms with van der Waals surface area (Å²) in [6.07, 6.45) is 8.37. The van der Waals surface area contributed by atoms with Gasteiger partial charge in [0.05, 0.1) is 6.26 Å². The molecule has 2 fully saturated rings. The summed E-state index contributed by atoms with van der Waals surface area (Å²) < 4.78 is 27.9. The first-order valence-electron chi connectivity index (χ1n) is 8.88. The first kappa shape index (κ1) is 18.2. The zero-order valence-electron chi connectivity index (χ0n) is 14.9. The quantitative estimate of drug-likeness (QED) is 0.874. The second kappa shape index (κ2) is 7.33. The SMILES string of the molecule is Cn1ccc(NC(=O)N2CCCC(N(C3CCC3)S(C)(=O)=O)CC2)n1. The molecular formula is C16H27N5O3S. The van der Waals surface area contributed by atoms with Crippen LogP contribution in [0.2, 0.25) is 0 Å². The van der Waals surface area contributed by atoms with Crippen molar-refractivity contribution in [1.29, 1.82) is 0 Å². The third kappa shape index (κ3) is 4.33. The van der Waals surface area contributed by atoms with Gasteiger partial charge in [0.25, 0.3) is 0 Å². The second-order valence-corrected chi connectivity index (χ2v) is 8.94. The molecule has 9 heteroatoms. The zero-order chi connectivity index (χ0) is 18.0. The average molecular weight is 369 g/mol. The summed E-state index contributed by atoms with van der Waals surface area (Å²) in [5, 5.41) is 6.96. The van der Waals surface area contributed by atoms with E-state index in [0.717, 1.165) is 32.1 Å². The number of aromatic nitrogens is 2. The number of likely N-dealkylation sites (tertiary alicyclic amines) is 1. The molecular weight excluding hydrogens is 342 g/mol.